The molecule has 27 heavy (non-hydrogen) atoms. The number of nitrogens with one attached hydrogen (secondary N) is 3. The van der Waals surface area contributed by atoms with Crippen molar-refractivity contribution in [1.29, 1.82) is 0 Å². The number of aromatic amines is 1. The molecule has 1 aliphatic rings. The molecule has 0 amide bonds. The molecule has 4 rings (SSSR count). The van der Waals surface area contributed by atoms with Gasteiger partial charge in [0.05, 0.1) is 5.39 Å². The Kier molecular flexibility index (Phi) is 5.30. The number of H-pyrrole nitrogens is 1. The number of hydrogen-bond acceptors (Lipinski definition) is 1. The van der Waals surface area contributed by atoms with Crippen LogP contribution in [-0.2, 0) is 13.1 Å². The Hall–Kier alpha value is -2.14. The van der Waals surface area contributed by atoms with E-state index in [0.29, 0.717) is 10.8 Å². The number of aromatic nitrogens is 1. The molecule has 140 valence electrons. The van der Waals surface area contributed by atoms with Crippen LogP contribution in [-0.4, -0.2) is 31.3 Å². The lowest BCUT2D eigenvalue weighted by Gasteiger charge is -2.29. The zero-order valence-corrected chi connectivity index (χ0v) is 16.4. The molecule has 1 fully saturated rings. The first-order valence-corrected chi connectivity index (χ1v) is 10.0. The zero-order valence-electron chi connectivity index (χ0n) is 15.7. The largest absolute Gasteiger partial charge is 0.506 e. The monoisotopic (exact) mass is 384 g/mol. The summed E-state index contributed by atoms with van der Waals surface area (Å²) < 4.78 is 0. The molecule has 5 heteroatoms. The molecule has 0 saturated carbocycles. The van der Waals surface area contributed by atoms with Crippen molar-refractivity contribution in [1.82, 2.24) is 0 Å². The fraction of sp³-hybridized carbons (Fsp3) is 0.318. The van der Waals surface area contributed by atoms with Crippen LogP contribution in [0, 0.1) is 6.92 Å². The third-order valence-corrected chi connectivity index (χ3v) is 6.02. The highest BCUT2D eigenvalue weighted by Crippen LogP contribution is 2.30. The lowest BCUT2D eigenvalue weighted by atomic mass is 10.1. The molecule has 1 aromatic heterocycles. The van der Waals surface area contributed by atoms with E-state index in [1.165, 1.54) is 10.5 Å². The molecule has 4 nitrogen and oxygen atoms in total. The Morgan fingerprint density at radius 3 is 2.30 bits per heavy atom. The van der Waals surface area contributed by atoms with Gasteiger partial charge in [0.2, 0.25) is 5.52 Å². The fourth-order valence-corrected chi connectivity index (χ4v) is 4.33. The van der Waals surface area contributed by atoms with E-state index in [1.54, 1.807) is 4.90 Å². The van der Waals surface area contributed by atoms with Gasteiger partial charge >= 0.3 is 0 Å². The molecule has 4 N–H and O–H groups in total. The molecular weight excluding hydrogens is 358 g/mol. The molecule has 0 bridgehead atoms. The van der Waals surface area contributed by atoms with Crippen LogP contribution < -0.4 is 14.8 Å². The fourth-order valence-electron chi connectivity index (χ4n) is 4.11. The third kappa shape index (κ3) is 3.93. The smallest absolute Gasteiger partial charge is 0.233 e. The summed E-state index contributed by atoms with van der Waals surface area (Å²) in [6, 6.07) is 16.4. The molecule has 1 aliphatic heterocycles. The topological polar surface area (TPSA) is 43.2 Å². The standard InChI is InChI=1S/C22H24ClN3O/c1-16-19(22(27)18-8-5-9-20(23)21(18)24-16)15-26-12-10-25(11-13-26)14-17-6-3-2-4-7-17/h2-9H,10-15H2,1H3,(H,24,27)/p+3. The van der Waals surface area contributed by atoms with Crippen molar-refractivity contribution in [2.45, 2.75) is 20.0 Å². The van der Waals surface area contributed by atoms with Gasteiger partial charge in [-0.15, -0.1) is 0 Å². The Morgan fingerprint density at radius 1 is 0.926 bits per heavy atom. The summed E-state index contributed by atoms with van der Waals surface area (Å²) in [5, 5.41) is 12.3. The van der Waals surface area contributed by atoms with Gasteiger partial charge in [0.1, 0.15) is 55.6 Å². The Morgan fingerprint density at radius 2 is 1.59 bits per heavy atom. The number of hydrogen-bond donors (Lipinski definition) is 3. The van der Waals surface area contributed by atoms with E-state index in [0.717, 1.165) is 61.4 Å². The maximum atomic E-state index is 10.8. The van der Waals surface area contributed by atoms with Gasteiger partial charge < -0.3 is 14.9 Å². The van der Waals surface area contributed by atoms with E-state index in [-0.39, 0.29) is 0 Å². The lowest BCUT2D eigenvalue weighted by molar-refractivity contribution is -1.02. The Bertz CT molecular complexity index is 937. The number of rotatable bonds is 4. The van der Waals surface area contributed by atoms with Crippen LogP contribution in [0.3, 0.4) is 0 Å². The minimum atomic E-state index is 0.371. The number of quaternary nitrogens is 2. The van der Waals surface area contributed by atoms with Gasteiger partial charge in [-0.25, -0.2) is 4.98 Å². The van der Waals surface area contributed by atoms with E-state index < -0.39 is 0 Å². The number of benzene rings is 2. The normalized spacial score (nSPS) is 20.1. The minimum Gasteiger partial charge on any atom is -0.506 e. The molecule has 1 saturated heterocycles. The molecular formula is C22H27ClN3O+3. The van der Waals surface area contributed by atoms with Gasteiger partial charge in [0.15, 0.2) is 5.69 Å². The number of para-hydroxylation sites is 1. The quantitative estimate of drug-likeness (QED) is 0.612. The minimum absolute atomic E-state index is 0.371. The highest BCUT2D eigenvalue weighted by molar-refractivity contribution is 6.34. The third-order valence-electron chi connectivity index (χ3n) is 5.71. The molecule has 0 radical (unpaired) electrons. The van der Waals surface area contributed by atoms with Crippen LogP contribution in [0.15, 0.2) is 48.5 Å². The SMILES string of the molecule is Cc1[nH+]c2c(Cl)cccc2c(O)c1C[NH+]1CC[NH+](Cc2ccccc2)CC1. The van der Waals surface area contributed by atoms with Gasteiger partial charge in [-0.3, -0.25) is 0 Å². The summed E-state index contributed by atoms with van der Waals surface area (Å²) in [5.74, 6) is 0.371. The second-order valence-electron chi connectivity index (χ2n) is 7.58. The lowest BCUT2D eigenvalue weighted by Crippen LogP contribution is -3.27. The first-order valence-electron chi connectivity index (χ1n) is 9.65. The number of fused-ring (bicyclic) bond motifs is 1. The van der Waals surface area contributed by atoms with E-state index in [4.69, 9.17) is 11.6 Å². The Balaban J connectivity index is 1.45. The number of pyridine rings is 1. The average Bonchev–Trinajstić information content (AvgIpc) is 2.68. The summed E-state index contributed by atoms with van der Waals surface area (Å²) in [6.07, 6.45) is 0. The summed E-state index contributed by atoms with van der Waals surface area (Å²) in [4.78, 5) is 6.56. The van der Waals surface area contributed by atoms with Crippen molar-refractivity contribution in [2.75, 3.05) is 26.2 Å². The van der Waals surface area contributed by atoms with Gasteiger partial charge in [-0.2, -0.15) is 0 Å². The Labute approximate surface area is 165 Å². The number of aryl methyl sites for hydroxylation is 1. The van der Waals surface area contributed by atoms with Crippen molar-refractivity contribution < 1.29 is 19.9 Å². The van der Waals surface area contributed by atoms with Crippen molar-refractivity contribution >= 4 is 22.5 Å². The van der Waals surface area contributed by atoms with Crippen molar-refractivity contribution in [3.63, 3.8) is 0 Å². The zero-order chi connectivity index (χ0) is 18.8. The predicted molar refractivity (Wildman–Crippen MR) is 107 cm³/mol. The maximum Gasteiger partial charge on any atom is 0.233 e. The van der Waals surface area contributed by atoms with Crippen molar-refractivity contribution in [3.05, 3.63) is 70.4 Å². The predicted octanol–water partition coefficient (Wildman–Crippen LogP) is 0.805. The average molecular weight is 385 g/mol. The van der Waals surface area contributed by atoms with E-state index in [2.05, 4.69) is 35.3 Å². The van der Waals surface area contributed by atoms with Crippen LogP contribution >= 0.6 is 11.6 Å². The van der Waals surface area contributed by atoms with Gasteiger partial charge in [0.25, 0.3) is 0 Å². The van der Waals surface area contributed by atoms with Crippen molar-refractivity contribution in [2.24, 2.45) is 0 Å². The van der Waals surface area contributed by atoms with Gasteiger partial charge in [-0.1, -0.05) is 48.0 Å². The van der Waals surface area contributed by atoms with E-state index in [9.17, 15) is 5.11 Å². The first-order chi connectivity index (χ1) is 13.1. The number of piperazine rings is 1. The van der Waals surface area contributed by atoms with Crippen LogP contribution in [0.5, 0.6) is 5.75 Å². The van der Waals surface area contributed by atoms with Gasteiger partial charge in [-0.05, 0) is 12.1 Å². The summed E-state index contributed by atoms with van der Waals surface area (Å²) in [5.41, 5.74) is 4.22. The van der Waals surface area contributed by atoms with Crippen LogP contribution in [0.1, 0.15) is 16.8 Å². The second kappa shape index (κ2) is 7.85. The van der Waals surface area contributed by atoms with Gasteiger partial charge in [0, 0.05) is 12.5 Å². The molecule has 2 heterocycles. The van der Waals surface area contributed by atoms with E-state index in [1.807, 2.05) is 25.1 Å². The van der Waals surface area contributed by atoms with Crippen LogP contribution in [0.4, 0.5) is 0 Å². The highest BCUT2D eigenvalue weighted by atomic mass is 35.5. The molecule has 0 aliphatic carbocycles. The molecule has 0 atom stereocenters. The summed E-state index contributed by atoms with van der Waals surface area (Å²) >= 11 is 6.28. The highest BCUT2D eigenvalue weighted by Gasteiger charge is 2.27. The van der Waals surface area contributed by atoms with Crippen LogP contribution in [0.2, 0.25) is 5.02 Å². The summed E-state index contributed by atoms with van der Waals surface area (Å²) in [6.45, 7) is 8.52. The van der Waals surface area contributed by atoms with E-state index >= 15 is 0 Å². The molecule has 3 aromatic rings. The van der Waals surface area contributed by atoms with Crippen molar-refractivity contribution in [3.8, 4) is 5.75 Å². The molecule has 0 unspecified atom stereocenters. The van der Waals surface area contributed by atoms with Crippen LogP contribution in [0.25, 0.3) is 10.9 Å². The number of aromatic hydroxyl groups is 1. The first kappa shape index (κ1) is 18.2. The summed E-state index contributed by atoms with van der Waals surface area (Å²) in [7, 11) is 0. The maximum absolute atomic E-state index is 10.8. The second-order valence-corrected chi connectivity index (χ2v) is 7.99. The molecule has 0 spiro atoms. The number of halogens is 1. The molecule has 2 aromatic carbocycles.